The summed E-state index contributed by atoms with van der Waals surface area (Å²) >= 11 is 0. The Labute approximate surface area is 206 Å². The number of benzene rings is 2. The number of ether oxygens (including phenoxy) is 1. The second-order valence-electron chi connectivity index (χ2n) is 7.67. The van der Waals surface area contributed by atoms with Gasteiger partial charge >= 0.3 is 0 Å². The molecule has 0 saturated carbocycles. The fourth-order valence-electron chi connectivity index (χ4n) is 3.27. The first-order chi connectivity index (χ1) is 15.0. The fourth-order valence-corrected chi connectivity index (χ4v) is 3.27. The molecule has 2 aromatic carbocycles. The molecule has 32 heavy (non-hydrogen) atoms. The predicted molar refractivity (Wildman–Crippen MR) is 141 cm³/mol. The molecule has 0 aliphatic heterocycles. The van der Waals surface area contributed by atoms with Gasteiger partial charge in [-0.25, -0.2) is 9.38 Å². The molecule has 0 aliphatic rings. The van der Waals surface area contributed by atoms with Gasteiger partial charge in [0.15, 0.2) is 5.96 Å². The zero-order valence-electron chi connectivity index (χ0n) is 19.0. The van der Waals surface area contributed by atoms with Crippen molar-refractivity contribution in [1.29, 1.82) is 0 Å². The maximum absolute atomic E-state index is 13.4. The highest BCUT2D eigenvalue weighted by Gasteiger charge is 2.05. The molecule has 3 N–H and O–H groups in total. The molecule has 1 heterocycles. The Morgan fingerprint density at radius 3 is 2.78 bits per heavy atom. The van der Waals surface area contributed by atoms with Crippen molar-refractivity contribution in [3.8, 4) is 5.75 Å². The molecular formula is C24H33FIN5O. The summed E-state index contributed by atoms with van der Waals surface area (Å²) in [4.78, 5) is 9.93. The summed E-state index contributed by atoms with van der Waals surface area (Å²) in [6.07, 6.45) is 2.75. The van der Waals surface area contributed by atoms with Crippen LogP contribution in [0.5, 0.6) is 5.75 Å². The second-order valence-corrected chi connectivity index (χ2v) is 7.67. The molecule has 0 amide bonds. The average Bonchev–Trinajstić information content (AvgIpc) is 3.14. The number of aliphatic imine (C=N–C) groups is 1. The lowest BCUT2D eigenvalue weighted by atomic mass is 10.1. The number of fused-ring (bicyclic) bond motifs is 1. The van der Waals surface area contributed by atoms with E-state index < -0.39 is 0 Å². The highest BCUT2D eigenvalue weighted by molar-refractivity contribution is 14.0. The molecule has 0 fully saturated rings. The number of aromatic amines is 1. The lowest BCUT2D eigenvalue weighted by Gasteiger charge is -2.12. The van der Waals surface area contributed by atoms with Crippen LogP contribution in [0.15, 0.2) is 53.7 Å². The van der Waals surface area contributed by atoms with Crippen LogP contribution in [0.4, 0.5) is 4.39 Å². The fraction of sp³-hybridized carbons (Fsp3) is 0.375. The van der Waals surface area contributed by atoms with Gasteiger partial charge < -0.3 is 25.3 Å². The number of H-pyrrole nitrogens is 1. The van der Waals surface area contributed by atoms with Gasteiger partial charge in [-0.05, 0) is 68.9 Å². The summed E-state index contributed by atoms with van der Waals surface area (Å²) < 4.78 is 19.2. The van der Waals surface area contributed by atoms with Gasteiger partial charge in [-0.1, -0.05) is 12.1 Å². The van der Waals surface area contributed by atoms with Gasteiger partial charge in [-0.15, -0.1) is 24.0 Å². The Morgan fingerprint density at radius 1 is 1.16 bits per heavy atom. The third-order valence-corrected chi connectivity index (χ3v) is 4.89. The molecule has 0 radical (unpaired) electrons. The SMILES string of the molecule is CCNC(=NCc1cccc(OCCN(C)C)c1)NCCc1c[nH]c2cc(F)ccc12.I. The Hall–Kier alpha value is -2.33. The zero-order chi connectivity index (χ0) is 22.1. The number of hydrogen-bond acceptors (Lipinski definition) is 3. The molecule has 0 saturated heterocycles. The highest BCUT2D eigenvalue weighted by Crippen LogP contribution is 2.19. The van der Waals surface area contributed by atoms with Crippen molar-refractivity contribution in [3.05, 3.63) is 65.6 Å². The summed E-state index contributed by atoms with van der Waals surface area (Å²) in [5.74, 6) is 1.41. The van der Waals surface area contributed by atoms with Crippen molar-refractivity contribution in [1.82, 2.24) is 20.5 Å². The maximum Gasteiger partial charge on any atom is 0.191 e. The minimum Gasteiger partial charge on any atom is -0.492 e. The van der Waals surface area contributed by atoms with Crippen LogP contribution in [0, 0.1) is 5.82 Å². The number of halogens is 2. The average molecular weight is 553 g/mol. The molecule has 0 spiro atoms. The van der Waals surface area contributed by atoms with E-state index in [1.807, 2.05) is 51.5 Å². The number of guanidine groups is 1. The minimum atomic E-state index is -0.229. The zero-order valence-corrected chi connectivity index (χ0v) is 21.3. The Morgan fingerprint density at radius 2 is 2.00 bits per heavy atom. The Balaban J connectivity index is 0.00000363. The first kappa shape index (κ1) is 25.9. The lowest BCUT2D eigenvalue weighted by molar-refractivity contribution is 0.261. The molecule has 3 aromatic rings. The molecular weight excluding hydrogens is 520 g/mol. The van der Waals surface area contributed by atoms with Gasteiger partial charge in [0.05, 0.1) is 6.54 Å². The van der Waals surface area contributed by atoms with E-state index in [9.17, 15) is 4.39 Å². The van der Waals surface area contributed by atoms with Crippen molar-refractivity contribution in [2.75, 3.05) is 40.3 Å². The Kier molecular flexibility index (Phi) is 10.8. The normalized spacial score (nSPS) is 11.5. The first-order valence-corrected chi connectivity index (χ1v) is 10.7. The highest BCUT2D eigenvalue weighted by atomic mass is 127. The van der Waals surface area contributed by atoms with Crippen LogP contribution >= 0.6 is 24.0 Å². The van der Waals surface area contributed by atoms with Crippen LogP contribution in [0.3, 0.4) is 0 Å². The van der Waals surface area contributed by atoms with Crippen molar-refractivity contribution < 1.29 is 9.13 Å². The number of hydrogen-bond donors (Lipinski definition) is 3. The number of likely N-dealkylation sites (N-methyl/N-ethyl adjacent to an activating group) is 1. The van der Waals surface area contributed by atoms with E-state index in [0.717, 1.165) is 59.8 Å². The molecule has 3 rings (SSSR count). The third kappa shape index (κ3) is 7.98. The molecule has 1 aromatic heterocycles. The smallest absolute Gasteiger partial charge is 0.191 e. The van der Waals surface area contributed by atoms with Gasteiger partial charge in [0.2, 0.25) is 0 Å². The maximum atomic E-state index is 13.4. The predicted octanol–water partition coefficient (Wildman–Crippen LogP) is 4.16. The summed E-state index contributed by atoms with van der Waals surface area (Å²) in [5.41, 5.74) is 3.07. The van der Waals surface area contributed by atoms with Crippen LogP contribution in [0.25, 0.3) is 10.9 Å². The van der Waals surface area contributed by atoms with Gasteiger partial charge in [-0.3, -0.25) is 0 Å². The van der Waals surface area contributed by atoms with Crippen molar-refractivity contribution in [2.24, 2.45) is 4.99 Å². The van der Waals surface area contributed by atoms with E-state index in [4.69, 9.17) is 9.73 Å². The van der Waals surface area contributed by atoms with Crippen LogP contribution in [0.2, 0.25) is 0 Å². The topological polar surface area (TPSA) is 64.7 Å². The summed E-state index contributed by atoms with van der Waals surface area (Å²) in [7, 11) is 4.06. The van der Waals surface area contributed by atoms with Crippen molar-refractivity contribution >= 4 is 40.8 Å². The van der Waals surface area contributed by atoms with Gasteiger partial charge in [-0.2, -0.15) is 0 Å². The van der Waals surface area contributed by atoms with E-state index >= 15 is 0 Å². The molecule has 6 nitrogen and oxygen atoms in total. The van der Waals surface area contributed by atoms with E-state index in [1.165, 1.54) is 12.1 Å². The lowest BCUT2D eigenvalue weighted by Crippen LogP contribution is -2.38. The number of nitrogens with one attached hydrogen (secondary N) is 3. The molecule has 8 heteroatoms. The van der Waals surface area contributed by atoms with Crippen molar-refractivity contribution in [3.63, 3.8) is 0 Å². The first-order valence-electron chi connectivity index (χ1n) is 10.7. The van der Waals surface area contributed by atoms with E-state index in [1.54, 1.807) is 0 Å². The summed E-state index contributed by atoms with van der Waals surface area (Å²) in [5, 5.41) is 7.72. The second kappa shape index (κ2) is 13.3. The number of rotatable bonds is 10. The Bertz CT molecular complexity index is 1000. The molecule has 0 unspecified atom stereocenters. The number of aromatic nitrogens is 1. The third-order valence-electron chi connectivity index (χ3n) is 4.89. The largest absolute Gasteiger partial charge is 0.492 e. The quantitative estimate of drug-likeness (QED) is 0.201. The van der Waals surface area contributed by atoms with Gasteiger partial charge in [0, 0.05) is 36.7 Å². The monoisotopic (exact) mass is 553 g/mol. The summed E-state index contributed by atoms with van der Waals surface area (Å²) in [6, 6.07) is 12.9. The van der Waals surface area contributed by atoms with E-state index in [2.05, 4.69) is 26.6 Å². The van der Waals surface area contributed by atoms with Gasteiger partial charge in [0.25, 0.3) is 0 Å². The molecule has 0 aliphatic carbocycles. The standard InChI is InChI=1S/C24H32FN5O.HI/c1-4-26-24(27-11-10-19-17-28-23-15-20(25)8-9-22(19)23)29-16-18-6-5-7-21(14-18)31-13-12-30(2)3;/h5-9,14-15,17,28H,4,10-13,16H2,1-3H3,(H2,26,27,29);1H. The molecule has 174 valence electrons. The summed E-state index contributed by atoms with van der Waals surface area (Å²) in [6.45, 7) is 5.65. The number of nitrogens with zero attached hydrogens (tertiary/aromatic N) is 2. The minimum absolute atomic E-state index is 0. The van der Waals surface area contributed by atoms with Crippen LogP contribution < -0.4 is 15.4 Å². The van der Waals surface area contributed by atoms with Gasteiger partial charge in [0.1, 0.15) is 18.2 Å². The molecule has 0 atom stereocenters. The van der Waals surface area contributed by atoms with Crippen LogP contribution in [-0.4, -0.2) is 56.2 Å². The van der Waals surface area contributed by atoms with Crippen molar-refractivity contribution in [2.45, 2.75) is 19.9 Å². The van der Waals surface area contributed by atoms with Crippen LogP contribution in [-0.2, 0) is 13.0 Å². The van der Waals surface area contributed by atoms with E-state index in [0.29, 0.717) is 13.2 Å². The molecule has 0 bridgehead atoms. The van der Waals surface area contributed by atoms with Crippen LogP contribution in [0.1, 0.15) is 18.1 Å². The van der Waals surface area contributed by atoms with E-state index in [-0.39, 0.29) is 29.8 Å².